The summed E-state index contributed by atoms with van der Waals surface area (Å²) in [5.41, 5.74) is 7.14. The van der Waals surface area contributed by atoms with Gasteiger partial charge in [0, 0.05) is 0 Å². The van der Waals surface area contributed by atoms with Gasteiger partial charge in [0.1, 0.15) is 5.78 Å². The third kappa shape index (κ3) is 5.64. The Balaban J connectivity index is 2.20. The van der Waals surface area contributed by atoms with Crippen molar-refractivity contribution in [2.45, 2.75) is 45.6 Å². The van der Waals surface area contributed by atoms with Crippen LogP contribution in [0, 0.1) is 5.92 Å². The van der Waals surface area contributed by atoms with Crippen LogP contribution in [0.25, 0.3) is 0 Å². The molecule has 0 amide bonds. The quantitative estimate of drug-likeness (QED) is 0.786. The number of carbonyl (C=O) groups is 1. The molecule has 2 nitrogen and oxygen atoms in total. The van der Waals surface area contributed by atoms with E-state index in [4.69, 9.17) is 5.73 Å². The van der Waals surface area contributed by atoms with E-state index in [9.17, 15) is 4.79 Å². The zero-order valence-corrected chi connectivity index (χ0v) is 10.9. The van der Waals surface area contributed by atoms with Crippen LogP contribution in [0.1, 0.15) is 38.7 Å². The number of benzene rings is 1. The normalized spacial score (nSPS) is 14.3. The molecule has 0 bridgehead atoms. The van der Waals surface area contributed by atoms with Crippen LogP contribution in [0.5, 0.6) is 0 Å². The van der Waals surface area contributed by atoms with Gasteiger partial charge in [0.05, 0.1) is 6.04 Å². The summed E-state index contributed by atoms with van der Waals surface area (Å²) in [7, 11) is 0. The van der Waals surface area contributed by atoms with Gasteiger partial charge in [0.15, 0.2) is 0 Å². The fourth-order valence-corrected chi connectivity index (χ4v) is 2.02. The number of aryl methyl sites for hydroxylation is 1. The molecule has 0 aliphatic carbocycles. The summed E-state index contributed by atoms with van der Waals surface area (Å²) in [6, 6.07) is 10.2. The van der Waals surface area contributed by atoms with E-state index >= 15 is 0 Å². The predicted molar refractivity (Wildman–Crippen MR) is 71.8 cm³/mol. The van der Waals surface area contributed by atoms with E-state index in [1.54, 1.807) is 6.92 Å². The van der Waals surface area contributed by atoms with Crippen molar-refractivity contribution < 1.29 is 4.79 Å². The predicted octanol–water partition coefficient (Wildman–Crippen LogP) is 2.95. The molecule has 0 spiro atoms. The van der Waals surface area contributed by atoms with Crippen molar-refractivity contribution in [1.29, 1.82) is 0 Å². The van der Waals surface area contributed by atoms with Gasteiger partial charge in [-0.05, 0) is 37.7 Å². The van der Waals surface area contributed by atoms with Crippen LogP contribution in [0.3, 0.4) is 0 Å². The molecule has 2 atom stereocenters. The Morgan fingerprint density at radius 1 is 1.29 bits per heavy atom. The summed E-state index contributed by atoms with van der Waals surface area (Å²) in [6.45, 7) is 3.75. The monoisotopic (exact) mass is 233 g/mol. The average molecular weight is 233 g/mol. The maximum absolute atomic E-state index is 11.0. The number of ketones is 1. The molecular weight excluding hydrogens is 210 g/mol. The molecule has 17 heavy (non-hydrogen) atoms. The van der Waals surface area contributed by atoms with E-state index in [0.29, 0.717) is 5.92 Å². The van der Waals surface area contributed by atoms with Crippen LogP contribution in [0.4, 0.5) is 0 Å². The molecule has 0 aliphatic heterocycles. The molecule has 1 aromatic carbocycles. The number of hydrogen-bond donors (Lipinski definition) is 1. The Hall–Kier alpha value is -1.15. The number of Topliss-reactive ketones (excluding diaryl/α,β-unsaturated/α-hetero) is 1. The summed E-state index contributed by atoms with van der Waals surface area (Å²) in [4.78, 5) is 11.0. The Morgan fingerprint density at radius 3 is 2.53 bits per heavy atom. The van der Waals surface area contributed by atoms with Gasteiger partial charge in [-0.3, -0.25) is 4.79 Å². The van der Waals surface area contributed by atoms with E-state index in [2.05, 4.69) is 31.2 Å². The van der Waals surface area contributed by atoms with Gasteiger partial charge < -0.3 is 5.73 Å². The van der Waals surface area contributed by atoms with Crippen LogP contribution >= 0.6 is 0 Å². The van der Waals surface area contributed by atoms with Gasteiger partial charge in [-0.2, -0.15) is 0 Å². The molecule has 0 saturated heterocycles. The Labute approximate surface area is 104 Å². The maximum atomic E-state index is 11.0. The van der Waals surface area contributed by atoms with E-state index in [0.717, 1.165) is 25.7 Å². The standard InChI is InChI=1S/C15H23NO/c1-12(11-15(16)13(2)17)7-6-10-14-8-4-3-5-9-14/h3-5,8-9,12,15H,6-7,10-11,16H2,1-2H3. The third-order valence-electron chi connectivity index (χ3n) is 3.18. The second-order valence-corrected chi connectivity index (χ2v) is 4.94. The first kappa shape index (κ1) is 13.9. The first-order chi connectivity index (χ1) is 8.09. The van der Waals surface area contributed by atoms with Crippen molar-refractivity contribution >= 4 is 5.78 Å². The Bertz CT molecular complexity index is 334. The number of nitrogens with two attached hydrogens (primary N) is 1. The van der Waals surface area contributed by atoms with E-state index in [1.807, 2.05) is 6.07 Å². The van der Waals surface area contributed by atoms with Gasteiger partial charge >= 0.3 is 0 Å². The van der Waals surface area contributed by atoms with E-state index < -0.39 is 0 Å². The highest BCUT2D eigenvalue weighted by atomic mass is 16.1. The lowest BCUT2D eigenvalue weighted by molar-refractivity contribution is -0.118. The Kier molecular flexibility index (Phi) is 5.92. The lowest BCUT2D eigenvalue weighted by atomic mass is 9.94. The second kappa shape index (κ2) is 7.23. The largest absolute Gasteiger partial charge is 0.322 e. The first-order valence-corrected chi connectivity index (χ1v) is 6.39. The molecule has 2 N–H and O–H groups in total. The molecule has 2 unspecified atom stereocenters. The van der Waals surface area contributed by atoms with E-state index in [-0.39, 0.29) is 11.8 Å². The lowest BCUT2D eigenvalue weighted by Crippen LogP contribution is -2.30. The van der Waals surface area contributed by atoms with Crippen molar-refractivity contribution in [3.8, 4) is 0 Å². The second-order valence-electron chi connectivity index (χ2n) is 4.94. The van der Waals surface area contributed by atoms with Gasteiger partial charge in [-0.15, -0.1) is 0 Å². The topological polar surface area (TPSA) is 43.1 Å². The smallest absolute Gasteiger partial charge is 0.146 e. The minimum absolute atomic E-state index is 0.0971. The van der Waals surface area contributed by atoms with Crippen molar-refractivity contribution in [2.24, 2.45) is 11.7 Å². The van der Waals surface area contributed by atoms with Crippen molar-refractivity contribution in [3.05, 3.63) is 35.9 Å². The highest BCUT2D eigenvalue weighted by Crippen LogP contribution is 2.14. The van der Waals surface area contributed by atoms with Crippen molar-refractivity contribution in [1.82, 2.24) is 0 Å². The number of hydrogen-bond acceptors (Lipinski definition) is 2. The van der Waals surface area contributed by atoms with Gasteiger partial charge in [0.25, 0.3) is 0 Å². The van der Waals surface area contributed by atoms with Crippen LogP contribution < -0.4 is 5.73 Å². The van der Waals surface area contributed by atoms with Gasteiger partial charge in [-0.25, -0.2) is 0 Å². The molecule has 0 aliphatic rings. The number of carbonyl (C=O) groups excluding carboxylic acids is 1. The minimum atomic E-state index is -0.276. The van der Waals surface area contributed by atoms with Crippen LogP contribution in [0.15, 0.2) is 30.3 Å². The van der Waals surface area contributed by atoms with E-state index in [1.165, 1.54) is 5.56 Å². The summed E-state index contributed by atoms with van der Waals surface area (Å²) in [5, 5.41) is 0. The summed E-state index contributed by atoms with van der Waals surface area (Å²) < 4.78 is 0. The molecule has 1 rings (SSSR count). The molecule has 2 heteroatoms. The van der Waals surface area contributed by atoms with Crippen molar-refractivity contribution in [3.63, 3.8) is 0 Å². The zero-order chi connectivity index (χ0) is 12.7. The highest BCUT2D eigenvalue weighted by molar-refractivity contribution is 5.81. The molecule has 0 saturated carbocycles. The lowest BCUT2D eigenvalue weighted by Gasteiger charge is -2.14. The molecule has 0 fully saturated rings. The van der Waals surface area contributed by atoms with Gasteiger partial charge in [0.2, 0.25) is 0 Å². The SMILES string of the molecule is CC(=O)C(N)CC(C)CCCc1ccccc1. The fourth-order valence-electron chi connectivity index (χ4n) is 2.02. The molecule has 0 aromatic heterocycles. The Morgan fingerprint density at radius 2 is 1.94 bits per heavy atom. The molecule has 0 heterocycles. The summed E-state index contributed by atoms with van der Waals surface area (Å²) in [6.07, 6.45) is 4.22. The minimum Gasteiger partial charge on any atom is -0.322 e. The number of rotatable bonds is 7. The van der Waals surface area contributed by atoms with Crippen molar-refractivity contribution in [2.75, 3.05) is 0 Å². The molecular formula is C15H23NO. The molecule has 1 aromatic rings. The third-order valence-corrected chi connectivity index (χ3v) is 3.18. The zero-order valence-electron chi connectivity index (χ0n) is 10.9. The van der Waals surface area contributed by atoms with Crippen LogP contribution in [-0.2, 0) is 11.2 Å². The summed E-state index contributed by atoms with van der Waals surface area (Å²) >= 11 is 0. The molecule has 0 radical (unpaired) electrons. The fraction of sp³-hybridized carbons (Fsp3) is 0.533. The molecule has 94 valence electrons. The first-order valence-electron chi connectivity index (χ1n) is 6.39. The van der Waals surface area contributed by atoms with Crippen LogP contribution in [0.2, 0.25) is 0 Å². The average Bonchev–Trinajstić information content (AvgIpc) is 2.30. The summed E-state index contributed by atoms with van der Waals surface area (Å²) in [5.74, 6) is 0.623. The highest BCUT2D eigenvalue weighted by Gasteiger charge is 2.12. The maximum Gasteiger partial charge on any atom is 0.146 e. The van der Waals surface area contributed by atoms with Crippen LogP contribution in [-0.4, -0.2) is 11.8 Å². The van der Waals surface area contributed by atoms with Gasteiger partial charge in [-0.1, -0.05) is 43.7 Å².